The second-order valence-corrected chi connectivity index (χ2v) is 5.70. The third kappa shape index (κ3) is 5.53. The van der Waals surface area contributed by atoms with Crippen LogP contribution >= 0.6 is 0 Å². The molecule has 6 nitrogen and oxygen atoms in total. The van der Waals surface area contributed by atoms with Gasteiger partial charge in [0.1, 0.15) is 0 Å². The molecule has 0 aliphatic heterocycles. The number of Topliss-reactive ketones (excluding diaryl/α,β-unsaturated/α-hetero) is 1. The number of non-ortho nitro benzene ring substituents is 1. The lowest BCUT2D eigenvalue weighted by Crippen LogP contribution is -2.30. The first kappa shape index (κ1) is 21.9. The zero-order valence-electron chi connectivity index (χ0n) is 14.1. The number of ketones is 1. The lowest BCUT2D eigenvalue weighted by Gasteiger charge is -2.14. The van der Waals surface area contributed by atoms with E-state index in [1.807, 2.05) is 5.32 Å². The standard InChI is InChI=1S/C17H10F6N2O4/c18-16(19,20)11-5-10(6-12(7-11)17(21,22)23)15(27)24-8-14(26)9-1-3-13(4-2-9)25(28)29/h1-7H,8H2,(H,24,27). The van der Waals surface area contributed by atoms with Crippen molar-refractivity contribution in [3.63, 3.8) is 0 Å². The van der Waals surface area contributed by atoms with Gasteiger partial charge in [-0.2, -0.15) is 26.3 Å². The molecule has 0 unspecified atom stereocenters. The van der Waals surface area contributed by atoms with Gasteiger partial charge in [0.25, 0.3) is 11.6 Å². The fourth-order valence-corrected chi connectivity index (χ4v) is 2.22. The molecule has 1 N–H and O–H groups in total. The summed E-state index contributed by atoms with van der Waals surface area (Å²) in [6.07, 6.45) is -10.2. The van der Waals surface area contributed by atoms with Gasteiger partial charge in [0.15, 0.2) is 5.78 Å². The van der Waals surface area contributed by atoms with Crippen LogP contribution in [0.1, 0.15) is 31.8 Å². The van der Waals surface area contributed by atoms with Crippen molar-refractivity contribution >= 4 is 17.4 Å². The predicted octanol–water partition coefficient (Wildman–Crippen LogP) is 4.25. The molecule has 0 spiro atoms. The minimum atomic E-state index is -5.12. The van der Waals surface area contributed by atoms with Gasteiger partial charge in [0.05, 0.1) is 22.6 Å². The van der Waals surface area contributed by atoms with Gasteiger partial charge in [-0.3, -0.25) is 19.7 Å². The van der Waals surface area contributed by atoms with Gasteiger partial charge in [-0.1, -0.05) is 0 Å². The number of amides is 1. The Bertz CT molecular complexity index is 920. The number of alkyl halides is 6. The maximum absolute atomic E-state index is 12.8. The maximum atomic E-state index is 12.8. The first-order valence-electron chi connectivity index (χ1n) is 7.64. The molecule has 0 bridgehead atoms. The van der Waals surface area contributed by atoms with Crippen molar-refractivity contribution in [1.29, 1.82) is 0 Å². The molecule has 2 aromatic rings. The van der Waals surface area contributed by atoms with Gasteiger partial charge in [-0.15, -0.1) is 0 Å². The summed E-state index contributed by atoms with van der Waals surface area (Å²) in [6.45, 7) is -0.742. The summed E-state index contributed by atoms with van der Waals surface area (Å²) in [5.41, 5.74) is -4.60. The first-order valence-corrected chi connectivity index (χ1v) is 7.64. The number of nitrogens with one attached hydrogen (secondary N) is 1. The molecule has 0 aliphatic carbocycles. The third-order valence-electron chi connectivity index (χ3n) is 3.66. The normalized spacial score (nSPS) is 11.8. The molecule has 29 heavy (non-hydrogen) atoms. The van der Waals surface area contributed by atoms with E-state index in [2.05, 4.69) is 0 Å². The Morgan fingerprint density at radius 1 is 0.862 bits per heavy atom. The van der Waals surface area contributed by atoms with E-state index in [0.717, 1.165) is 24.3 Å². The van der Waals surface area contributed by atoms with Gasteiger partial charge >= 0.3 is 12.4 Å². The number of nitro benzene ring substituents is 1. The van der Waals surface area contributed by atoms with Crippen molar-refractivity contribution in [2.75, 3.05) is 6.54 Å². The molecule has 12 heteroatoms. The highest BCUT2D eigenvalue weighted by atomic mass is 19.4. The lowest BCUT2D eigenvalue weighted by molar-refractivity contribution is -0.384. The van der Waals surface area contributed by atoms with E-state index in [1.165, 1.54) is 0 Å². The molecule has 0 atom stereocenters. The Balaban J connectivity index is 2.19. The molecule has 0 heterocycles. The van der Waals surface area contributed by atoms with Crippen LogP contribution in [0.3, 0.4) is 0 Å². The predicted molar refractivity (Wildman–Crippen MR) is 86.2 cm³/mol. The summed E-state index contributed by atoms with van der Waals surface area (Å²) >= 11 is 0. The zero-order chi connectivity index (χ0) is 22.0. The number of nitro groups is 1. The number of nitrogens with zero attached hydrogens (tertiary/aromatic N) is 1. The Morgan fingerprint density at radius 3 is 1.76 bits per heavy atom. The summed E-state index contributed by atoms with van der Waals surface area (Å²) in [5.74, 6) is -2.08. The second-order valence-electron chi connectivity index (χ2n) is 5.70. The number of benzene rings is 2. The maximum Gasteiger partial charge on any atom is 0.416 e. The quantitative estimate of drug-likeness (QED) is 0.339. The molecule has 2 rings (SSSR count). The van der Waals surface area contributed by atoms with Crippen LogP contribution in [0.2, 0.25) is 0 Å². The molecule has 0 saturated carbocycles. The van der Waals surface area contributed by atoms with E-state index < -0.39 is 52.2 Å². The van der Waals surface area contributed by atoms with Gasteiger partial charge in [0.2, 0.25) is 0 Å². The third-order valence-corrected chi connectivity index (χ3v) is 3.66. The molecule has 0 radical (unpaired) electrons. The lowest BCUT2D eigenvalue weighted by atomic mass is 10.0. The fraction of sp³-hybridized carbons (Fsp3) is 0.176. The van der Waals surface area contributed by atoms with Crippen molar-refractivity contribution < 1.29 is 40.9 Å². The van der Waals surface area contributed by atoms with Crippen molar-refractivity contribution in [1.82, 2.24) is 5.32 Å². The van der Waals surface area contributed by atoms with Gasteiger partial charge in [0, 0.05) is 23.3 Å². The van der Waals surface area contributed by atoms with Crippen molar-refractivity contribution in [3.05, 3.63) is 74.8 Å². The molecule has 0 saturated heterocycles. The Labute approximate surface area is 158 Å². The first-order chi connectivity index (χ1) is 13.3. The van der Waals surface area contributed by atoms with Crippen LogP contribution in [0.5, 0.6) is 0 Å². The molecule has 2 aromatic carbocycles. The summed E-state index contributed by atoms with van der Waals surface area (Å²) in [6, 6.07) is 4.59. The molecule has 0 aromatic heterocycles. The second kappa shape index (κ2) is 7.89. The number of rotatable bonds is 5. The Kier molecular flexibility index (Phi) is 5.95. The SMILES string of the molecule is O=C(CNC(=O)c1cc(C(F)(F)F)cc(C(F)(F)F)c1)c1ccc([N+](=O)[O-])cc1. The molecule has 0 aliphatic rings. The monoisotopic (exact) mass is 420 g/mol. The average molecular weight is 420 g/mol. The Hall–Kier alpha value is -3.44. The topological polar surface area (TPSA) is 89.3 Å². The number of halogens is 6. The van der Waals surface area contributed by atoms with Crippen molar-refractivity contribution in [2.45, 2.75) is 12.4 Å². The van der Waals surface area contributed by atoms with Crippen molar-refractivity contribution in [3.8, 4) is 0 Å². The van der Waals surface area contributed by atoms with E-state index in [0.29, 0.717) is 0 Å². The van der Waals surface area contributed by atoms with E-state index in [9.17, 15) is 46.0 Å². The van der Waals surface area contributed by atoms with Crippen LogP contribution in [0.25, 0.3) is 0 Å². The highest BCUT2D eigenvalue weighted by Crippen LogP contribution is 2.36. The van der Waals surface area contributed by atoms with E-state index >= 15 is 0 Å². The minimum absolute atomic E-state index is 0.0454. The molecular formula is C17H10F6N2O4. The van der Waals surface area contributed by atoms with E-state index in [4.69, 9.17) is 0 Å². The molecule has 1 amide bonds. The van der Waals surface area contributed by atoms with Crippen LogP contribution in [0.4, 0.5) is 32.0 Å². The largest absolute Gasteiger partial charge is 0.416 e. The van der Waals surface area contributed by atoms with Gasteiger partial charge in [-0.25, -0.2) is 0 Å². The van der Waals surface area contributed by atoms with Crippen LogP contribution in [0, 0.1) is 10.1 Å². The zero-order valence-corrected chi connectivity index (χ0v) is 14.1. The van der Waals surface area contributed by atoms with Crippen molar-refractivity contribution in [2.24, 2.45) is 0 Å². The summed E-state index contributed by atoms with van der Waals surface area (Å²) < 4.78 is 76.9. The van der Waals surface area contributed by atoms with Crippen LogP contribution in [-0.2, 0) is 12.4 Å². The smallest absolute Gasteiger partial charge is 0.345 e. The molecule has 0 fully saturated rings. The molecular weight excluding hydrogens is 410 g/mol. The summed E-state index contributed by atoms with van der Waals surface area (Å²) in [7, 11) is 0. The molecule has 154 valence electrons. The van der Waals surface area contributed by atoms with E-state index in [-0.39, 0.29) is 29.4 Å². The van der Waals surface area contributed by atoms with Crippen LogP contribution in [-0.4, -0.2) is 23.2 Å². The Morgan fingerprint density at radius 2 is 1.34 bits per heavy atom. The number of carbonyl (C=O) groups is 2. The summed E-state index contributed by atoms with van der Waals surface area (Å²) in [5, 5.41) is 12.5. The van der Waals surface area contributed by atoms with Gasteiger partial charge < -0.3 is 5.32 Å². The van der Waals surface area contributed by atoms with Crippen LogP contribution < -0.4 is 5.32 Å². The minimum Gasteiger partial charge on any atom is -0.345 e. The van der Waals surface area contributed by atoms with Crippen LogP contribution in [0.15, 0.2) is 42.5 Å². The number of hydrogen-bond acceptors (Lipinski definition) is 4. The fourth-order valence-electron chi connectivity index (χ4n) is 2.22. The highest BCUT2D eigenvalue weighted by molar-refractivity contribution is 6.02. The average Bonchev–Trinajstić information content (AvgIpc) is 2.64. The summed E-state index contributed by atoms with van der Waals surface area (Å²) in [4.78, 5) is 33.8. The number of hydrogen-bond donors (Lipinski definition) is 1. The van der Waals surface area contributed by atoms with Gasteiger partial charge in [-0.05, 0) is 30.3 Å². The number of carbonyl (C=O) groups excluding carboxylic acids is 2. The van der Waals surface area contributed by atoms with E-state index in [1.54, 1.807) is 0 Å². The highest BCUT2D eigenvalue weighted by Gasteiger charge is 2.37.